The molecule has 0 aliphatic heterocycles. The summed E-state index contributed by atoms with van der Waals surface area (Å²) >= 11 is 0. The van der Waals surface area contributed by atoms with Crippen molar-refractivity contribution in [2.24, 2.45) is 17.8 Å². The van der Waals surface area contributed by atoms with E-state index in [2.05, 4.69) is 10.6 Å². The zero-order valence-electron chi connectivity index (χ0n) is 16.5. The van der Waals surface area contributed by atoms with Gasteiger partial charge in [0.05, 0.1) is 12.1 Å². The first kappa shape index (κ1) is 18.5. The maximum absolute atomic E-state index is 12.6. The summed E-state index contributed by atoms with van der Waals surface area (Å²) in [5.74, 6) is 2.57. The lowest BCUT2D eigenvalue weighted by atomic mass is 9.53. The number of nitrogens with one attached hydrogen (secondary N) is 1. The Morgan fingerprint density at radius 1 is 1.07 bits per heavy atom. The molecule has 0 atom stereocenters. The molecule has 0 spiro atoms. The molecule has 5 heteroatoms. The van der Waals surface area contributed by atoms with Crippen LogP contribution in [0.1, 0.15) is 44.1 Å². The van der Waals surface area contributed by atoms with Gasteiger partial charge in [-0.2, -0.15) is 0 Å². The highest BCUT2D eigenvalue weighted by molar-refractivity contribution is 5.94. The largest absolute Gasteiger partial charge is 0.334 e. The van der Waals surface area contributed by atoms with E-state index in [0.29, 0.717) is 12.1 Å². The summed E-state index contributed by atoms with van der Waals surface area (Å²) in [5, 5.41) is 5.18. The van der Waals surface area contributed by atoms with Gasteiger partial charge in [0.15, 0.2) is 6.54 Å². The topological polar surface area (TPSA) is 66.0 Å². The van der Waals surface area contributed by atoms with Gasteiger partial charge >= 0.3 is 0 Å². The number of hydrogen-bond acceptors (Lipinski definition) is 2. The van der Waals surface area contributed by atoms with Crippen molar-refractivity contribution >= 4 is 17.5 Å². The van der Waals surface area contributed by atoms with Crippen LogP contribution in [0.5, 0.6) is 0 Å². The number of carbonyl (C=O) groups excluding carboxylic acids is 2. The predicted molar refractivity (Wildman–Crippen MR) is 105 cm³/mol. The average Bonchev–Trinajstić information content (AvgIpc) is 2.60. The number of nitrogens with two attached hydrogens (primary N) is 1. The van der Waals surface area contributed by atoms with Crippen molar-refractivity contribution in [2.75, 3.05) is 25.5 Å². The third-order valence-corrected chi connectivity index (χ3v) is 6.94. The molecular formula is C22H32N3O2+. The first-order valence-electron chi connectivity index (χ1n) is 10.4. The molecule has 2 amide bonds. The van der Waals surface area contributed by atoms with E-state index < -0.39 is 0 Å². The van der Waals surface area contributed by atoms with E-state index in [-0.39, 0.29) is 18.4 Å². The first-order chi connectivity index (χ1) is 12.9. The minimum atomic E-state index is -0.149. The van der Waals surface area contributed by atoms with Crippen molar-refractivity contribution in [3.8, 4) is 0 Å². The number of nitrogens with zero attached hydrogens (tertiary/aromatic N) is 1. The minimum absolute atomic E-state index is 0.0461. The molecule has 4 saturated carbocycles. The summed E-state index contributed by atoms with van der Waals surface area (Å²) in [6, 6.07) is 7.70. The number of quaternary nitrogens is 1. The van der Waals surface area contributed by atoms with Crippen molar-refractivity contribution in [2.45, 2.75) is 51.0 Å². The van der Waals surface area contributed by atoms with Crippen LogP contribution in [0.25, 0.3) is 0 Å². The van der Waals surface area contributed by atoms with Gasteiger partial charge in [-0.05, 0) is 56.1 Å². The van der Waals surface area contributed by atoms with Gasteiger partial charge in [0.25, 0.3) is 5.91 Å². The molecule has 5 rings (SSSR count). The van der Waals surface area contributed by atoms with Crippen molar-refractivity contribution in [1.29, 1.82) is 0 Å². The predicted octanol–water partition coefficient (Wildman–Crippen LogP) is 1.92. The van der Waals surface area contributed by atoms with Crippen molar-refractivity contribution in [1.82, 2.24) is 4.90 Å². The number of aryl methyl sites for hydroxylation is 1. The number of likely N-dealkylation sites (N-methyl/N-ethyl adjacent to an activating group) is 1. The van der Waals surface area contributed by atoms with Crippen LogP contribution in [0.3, 0.4) is 0 Å². The maximum atomic E-state index is 12.6. The molecule has 146 valence electrons. The number of carbonyl (C=O) groups is 2. The summed E-state index contributed by atoms with van der Waals surface area (Å²) in [6.45, 7) is 2.57. The fraction of sp³-hybridized carbons (Fsp3) is 0.636. The van der Waals surface area contributed by atoms with Gasteiger partial charge in [-0.1, -0.05) is 17.7 Å². The fourth-order valence-corrected chi connectivity index (χ4v) is 6.03. The highest BCUT2D eigenvalue weighted by Crippen LogP contribution is 2.54. The van der Waals surface area contributed by atoms with Gasteiger partial charge in [-0.15, -0.1) is 0 Å². The molecule has 3 N–H and O–H groups in total. The van der Waals surface area contributed by atoms with Crippen LogP contribution in [-0.2, 0) is 9.59 Å². The van der Waals surface area contributed by atoms with E-state index in [1.54, 1.807) is 11.9 Å². The van der Waals surface area contributed by atoms with Gasteiger partial charge in [0, 0.05) is 32.0 Å². The van der Waals surface area contributed by atoms with Crippen LogP contribution in [0.2, 0.25) is 0 Å². The molecule has 0 unspecified atom stereocenters. The molecule has 4 aliphatic carbocycles. The molecular weight excluding hydrogens is 338 g/mol. The van der Waals surface area contributed by atoms with E-state index in [1.807, 2.05) is 31.2 Å². The quantitative estimate of drug-likeness (QED) is 0.803. The summed E-state index contributed by atoms with van der Waals surface area (Å²) in [6.07, 6.45) is 8.10. The Kier molecular flexibility index (Phi) is 4.97. The molecule has 4 fully saturated rings. The normalized spacial score (nSPS) is 31.0. The Morgan fingerprint density at radius 2 is 1.63 bits per heavy atom. The van der Waals surface area contributed by atoms with Crippen molar-refractivity contribution in [3.05, 3.63) is 29.8 Å². The monoisotopic (exact) mass is 370 g/mol. The molecule has 4 aliphatic rings. The zero-order valence-corrected chi connectivity index (χ0v) is 16.5. The van der Waals surface area contributed by atoms with E-state index >= 15 is 0 Å². The number of amides is 2. The van der Waals surface area contributed by atoms with Gasteiger partial charge in [-0.3, -0.25) is 9.59 Å². The van der Waals surface area contributed by atoms with Crippen LogP contribution in [0, 0.1) is 24.7 Å². The second-order valence-electron chi connectivity index (χ2n) is 9.35. The zero-order chi connectivity index (χ0) is 19.0. The van der Waals surface area contributed by atoms with E-state index in [0.717, 1.165) is 29.0 Å². The van der Waals surface area contributed by atoms with E-state index in [1.165, 1.54) is 38.5 Å². The Bertz CT molecular complexity index is 677. The minimum Gasteiger partial charge on any atom is -0.334 e. The van der Waals surface area contributed by atoms with Gasteiger partial charge in [-0.25, -0.2) is 0 Å². The Hall–Kier alpha value is -1.88. The van der Waals surface area contributed by atoms with Crippen LogP contribution >= 0.6 is 0 Å². The van der Waals surface area contributed by atoms with Crippen molar-refractivity contribution in [3.63, 3.8) is 0 Å². The summed E-state index contributed by atoms with van der Waals surface area (Å²) in [7, 11) is 1.73. The summed E-state index contributed by atoms with van der Waals surface area (Å²) in [5.41, 5.74) is 2.22. The third-order valence-electron chi connectivity index (χ3n) is 6.94. The molecule has 1 aromatic carbocycles. The fourth-order valence-electron chi connectivity index (χ4n) is 6.03. The van der Waals surface area contributed by atoms with Crippen LogP contribution < -0.4 is 10.6 Å². The number of rotatable bonds is 6. The van der Waals surface area contributed by atoms with Gasteiger partial charge < -0.3 is 15.5 Å². The Balaban J connectivity index is 1.26. The first-order valence-corrected chi connectivity index (χ1v) is 10.4. The third kappa shape index (κ3) is 4.18. The van der Waals surface area contributed by atoms with Crippen molar-refractivity contribution < 1.29 is 14.9 Å². The lowest BCUT2D eigenvalue weighted by Crippen LogP contribution is -3.00. The summed E-state index contributed by atoms with van der Waals surface area (Å²) < 4.78 is 0. The number of anilines is 1. The molecule has 1 aromatic rings. The SMILES string of the molecule is Cc1ccc(NC(=O)CN(C)C(=O)C[NH2+]C23CC4CC(CC(C4)C2)C3)cc1. The Morgan fingerprint density at radius 3 is 2.19 bits per heavy atom. The molecule has 0 radical (unpaired) electrons. The molecule has 0 saturated heterocycles. The molecule has 0 aromatic heterocycles. The second kappa shape index (κ2) is 7.27. The number of hydrogen-bond donors (Lipinski definition) is 2. The maximum Gasteiger partial charge on any atom is 0.277 e. The highest BCUT2D eigenvalue weighted by atomic mass is 16.2. The van der Waals surface area contributed by atoms with Gasteiger partial charge in [0.2, 0.25) is 5.91 Å². The lowest BCUT2D eigenvalue weighted by molar-refractivity contribution is -0.730. The highest BCUT2D eigenvalue weighted by Gasteiger charge is 2.53. The average molecular weight is 371 g/mol. The van der Waals surface area contributed by atoms with E-state index in [4.69, 9.17) is 0 Å². The molecule has 0 heterocycles. The van der Waals surface area contributed by atoms with Crippen LogP contribution in [0.4, 0.5) is 5.69 Å². The summed E-state index contributed by atoms with van der Waals surface area (Å²) in [4.78, 5) is 26.4. The smallest absolute Gasteiger partial charge is 0.277 e. The Labute approximate surface area is 161 Å². The van der Waals surface area contributed by atoms with E-state index in [9.17, 15) is 9.59 Å². The molecule has 4 bridgehead atoms. The second-order valence-corrected chi connectivity index (χ2v) is 9.35. The standard InChI is InChI=1S/C22H31N3O2/c1-15-3-5-19(6-4-15)24-20(26)14-25(2)21(27)13-23-22-10-16-7-17(11-22)9-18(8-16)12-22/h3-6,16-18,23H,7-14H2,1-2H3,(H,24,26)/p+1. The number of benzene rings is 1. The molecule has 27 heavy (non-hydrogen) atoms. The molecule has 5 nitrogen and oxygen atoms in total. The van der Waals surface area contributed by atoms with Crippen LogP contribution in [0.15, 0.2) is 24.3 Å². The lowest BCUT2D eigenvalue weighted by Gasteiger charge is -2.54. The van der Waals surface area contributed by atoms with Crippen LogP contribution in [-0.4, -0.2) is 42.4 Å². The van der Waals surface area contributed by atoms with Gasteiger partial charge in [0.1, 0.15) is 0 Å².